The third kappa shape index (κ3) is 4.69. The Hall–Kier alpha value is -2.62. The molecule has 0 radical (unpaired) electrons. The predicted octanol–water partition coefficient (Wildman–Crippen LogP) is 3.38. The van der Waals surface area contributed by atoms with Gasteiger partial charge in [-0.25, -0.2) is 9.78 Å². The SMILES string of the molecule is COC[C@@H](C)OC(=O)/C(C#N)=C/c1cc2cc(OC)ccc2nc1Cl. The number of methoxy groups -OCH3 is 2. The van der Waals surface area contributed by atoms with Crippen molar-refractivity contribution >= 4 is 34.5 Å². The molecule has 0 aliphatic heterocycles. The van der Waals surface area contributed by atoms with Crippen LogP contribution in [-0.4, -0.2) is 37.9 Å². The maximum absolute atomic E-state index is 12.1. The van der Waals surface area contributed by atoms with Gasteiger partial charge in [-0.2, -0.15) is 5.26 Å². The average Bonchev–Trinajstić information content (AvgIpc) is 2.59. The maximum atomic E-state index is 12.1. The number of nitriles is 1. The van der Waals surface area contributed by atoms with E-state index in [0.717, 1.165) is 5.39 Å². The first-order chi connectivity index (χ1) is 12.0. The fraction of sp³-hybridized carbons (Fsp3) is 0.278. The fourth-order valence-electron chi connectivity index (χ4n) is 2.18. The molecule has 25 heavy (non-hydrogen) atoms. The van der Waals surface area contributed by atoms with E-state index in [1.807, 2.05) is 6.07 Å². The number of carbonyl (C=O) groups excluding carboxylic acids is 1. The first-order valence-corrected chi connectivity index (χ1v) is 7.82. The summed E-state index contributed by atoms with van der Waals surface area (Å²) in [7, 11) is 3.07. The van der Waals surface area contributed by atoms with Crippen LogP contribution in [0.5, 0.6) is 5.75 Å². The predicted molar refractivity (Wildman–Crippen MR) is 94.3 cm³/mol. The van der Waals surface area contributed by atoms with E-state index in [9.17, 15) is 10.1 Å². The zero-order valence-electron chi connectivity index (χ0n) is 14.1. The monoisotopic (exact) mass is 360 g/mol. The highest BCUT2D eigenvalue weighted by atomic mass is 35.5. The highest BCUT2D eigenvalue weighted by Crippen LogP contribution is 2.26. The van der Waals surface area contributed by atoms with E-state index in [-0.39, 0.29) is 17.3 Å². The minimum Gasteiger partial charge on any atom is -0.497 e. The van der Waals surface area contributed by atoms with Crippen LogP contribution in [0.2, 0.25) is 5.15 Å². The quantitative estimate of drug-likeness (QED) is 0.340. The second-order valence-electron chi connectivity index (χ2n) is 5.27. The van der Waals surface area contributed by atoms with E-state index in [1.165, 1.54) is 13.2 Å². The van der Waals surface area contributed by atoms with Gasteiger partial charge in [0.05, 0.1) is 19.2 Å². The molecule has 2 rings (SSSR count). The standard InChI is InChI=1S/C18H17ClN2O4/c1-11(10-23-2)25-18(22)14(9-20)7-13-6-12-8-15(24-3)4-5-16(12)21-17(13)19/h4-8,11H,10H2,1-3H3/b14-7+/t11-/m1/s1. The molecule has 0 spiro atoms. The molecule has 1 aromatic heterocycles. The second-order valence-corrected chi connectivity index (χ2v) is 5.63. The zero-order chi connectivity index (χ0) is 18.4. The van der Waals surface area contributed by atoms with Crippen molar-refractivity contribution < 1.29 is 19.0 Å². The van der Waals surface area contributed by atoms with Gasteiger partial charge in [-0.1, -0.05) is 11.6 Å². The summed E-state index contributed by atoms with van der Waals surface area (Å²) in [6.07, 6.45) is 0.888. The molecule has 0 unspecified atom stereocenters. The number of nitrogens with zero attached hydrogens (tertiary/aromatic N) is 2. The summed E-state index contributed by atoms with van der Waals surface area (Å²) in [6, 6.07) is 8.91. The largest absolute Gasteiger partial charge is 0.497 e. The van der Waals surface area contributed by atoms with Crippen LogP contribution >= 0.6 is 11.6 Å². The molecular weight excluding hydrogens is 344 g/mol. The Morgan fingerprint density at radius 3 is 2.80 bits per heavy atom. The minimum atomic E-state index is -0.742. The van der Waals surface area contributed by atoms with Gasteiger partial charge < -0.3 is 14.2 Å². The van der Waals surface area contributed by atoms with Crippen LogP contribution in [0, 0.1) is 11.3 Å². The molecule has 6 nitrogen and oxygen atoms in total. The Labute approximate surface area is 150 Å². The van der Waals surface area contributed by atoms with Crippen LogP contribution in [0.25, 0.3) is 17.0 Å². The number of rotatable bonds is 6. The number of hydrogen-bond acceptors (Lipinski definition) is 6. The van der Waals surface area contributed by atoms with E-state index in [2.05, 4.69) is 4.98 Å². The third-order valence-corrected chi connectivity index (χ3v) is 3.66. The number of fused-ring (bicyclic) bond motifs is 1. The number of halogens is 1. The molecule has 1 aromatic carbocycles. The lowest BCUT2D eigenvalue weighted by Gasteiger charge is -2.11. The van der Waals surface area contributed by atoms with Gasteiger partial charge in [-0.15, -0.1) is 0 Å². The highest BCUT2D eigenvalue weighted by Gasteiger charge is 2.16. The van der Waals surface area contributed by atoms with E-state index < -0.39 is 12.1 Å². The molecular formula is C18H17ClN2O4. The number of hydrogen-bond donors (Lipinski definition) is 0. The van der Waals surface area contributed by atoms with E-state index in [4.69, 9.17) is 25.8 Å². The number of aromatic nitrogens is 1. The minimum absolute atomic E-state index is 0.172. The lowest BCUT2D eigenvalue weighted by atomic mass is 10.1. The molecule has 0 bridgehead atoms. The lowest BCUT2D eigenvalue weighted by molar-refractivity contribution is -0.145. The topological polar surface area (TPSA) is 81.4 Å². The first kappa shape index (κ1) is 18.7. The van der Waals surface area contributed by atoms with Crippen molar-refractivity contribution in [2.75, 3.05) is 20.8 Å². The summed E-state index contributed by atoms with van der Waals surface area (Å²) in [5, 5.41) is 10.2. The van der Waals surface area contributed by atoms with Gasteiger partial charge in [0.2, 0.25) is 0 Å². The molecule has 7 heteroatoms. The molecule has 0 N–H and O–H groups in total. The van der Waals surface area contributed by atoms with Gasteiger partial charge in [-0.3, -0.25) is 0 Å². The first-order valence-electron chi connectivity index (χ1n) is 7.44. The number of ether oxygens (including phenoxy) is 3. The van der Waals surface area contributed by atoms with Crippen molar-refractivity contribution in [1.29, 1.82) is 5.26 Å². The van der Waals surface area contributed by atoms with Gasteiger partial charge in [0, 0.05) is 18.1 Å². The highest BCUT2D eigenvalue weighted by molar-refractivity contribution is 6.31. The zero-order valence-corrected chi connectivity index (χ0v) is 14.8. The summed E-state index contributed by atoms with van der Waals surface area (Å²) in [6.45, 7) is 1.91. The van der Waals surface area contributed by atoms with Gasteiger partial charge in [-0.05, 0) is 37.3 Å². The Kier molecular flexibility index (Phi) is 6.34. The van der Waals surface area contributed by atoms with Crippen LogP contribution < -0.4 is 4.74 Å². The summed E-state index contributed by atoms with van der Waals surface area (Å²) in [4.78, 5) is 16.4. The van der Waals surface area contributed by atoms with Crippen LogP contribution in [0.15, 0.2) is 29.8 Å². The van der Waals surface area contributed by atoms with Crippen molar-refractivity contribution in [3.8, 4) is 11.8 Å². The van der Waals surface area contributed by atoms with Crippen LogP contribution in [0.3, 0.4) is 0 Å². The third-order valence-electron chi connectivity index (χ3n) is 3.35. The molecule has 0 saturated carbocycles. The Morgan fingerprint density at radius 2 is 2.16 bits per heavy atom. The van der Waals surface area contributed by atoms with Crippen molar-refractivity contribution in [3.05, 3.63) is 40.6 Å². The molecule has 0 aliphatic carbocycles. The van der Waals surface area contributed by atoms with Crippen LogP contribution in [-0.2, 0) is 14.3 Å². The van der Waals surface area contributed by atoms with Crippen molar-refractivity contribution in [3.63, 3.8) is 0 Å². The van der Waals surface area contributed by atoms with Crippen molar-refractivity contribution in [2.24, 2.45) is 0 Å². The van der Waals surface area contributed by atoms with E-state index in [0.29, 0.717) is 16.8 Å². The second kappa shape index (κ2) is 8.47. The normalized spacial score (nSPS) is 12.5. The number of carbonyl (C=O) groups is 1. The molecule has 0 aliphatic rings. The summed E-state index contributed by atoms with van der Waals surface area (Å²) < 4.78 is 15.2. The number of benzene rings is 1. The summed E-state index contributed by atoms with van der Waals surface area (Å²) in [5.41, 5.74) is 0.946. The lowest BCUT2D eigenvalue weighted by Crippen LogP contribution is -2.20. The molecule has 2 aromatic rings. The van der Waals surface area contributed by atoms with E-state index in [1.54, 1.807) is 38.3 Å². The smallest absolute Gasteiger partial charge is 0.349 e. The summed E-state index contributed by atoms with van der Waals surface area (Å²) >= 11 is 6.17. The molecule has 130 valence electrons. The molecule has 1 heterocycles. The molecule has 0 saturated heterocycles. The number of esters is 1. The van der Waals surface area contributed by atoms with Gasteiger partial charge in [0.15, 0.2) is 0 Å². The Morgan fingerprint density at radius 1 is 1.40 bits per heavy atom. The van der Waals surface area contributed by atoms with Crippen LogP contribution in [0.1, 0.15) is 12.5 Å². The van der Waals surface area contributed by atoms with Crippen molar-refractivity contribution in [2.45, 2.75) is 13.0 Å². The average molecular weight is 361 g/mol. The summed E-state index contributed by atoms with van der Waals surface area (Å²) in [5.74, 6) is -0.0753. The molecule has 1 atom stereocenters. The van der Waals surface area contributed by atoms with Crippen LogP contribution in [0.4, 0.5) is 0 Å². The van der Waals surface area contributed by atoms with Crippen molar-refractivity contribution in [1.82, 2.24) is 4.98 Å². The Bertz CT molecular complexity index is 858. The molecule has 0 fully saturated rings. The fourth-order valence-corrected chi connectivity index (χ4v) is 2.38. The van der Waals surface area contributed by atoms with E-state index >= 15 is 0 Å². The number of pyridine rings is 1. The van der Waals surface area contributed by atoms with Gasteiger partial charge in [0.1, 0.15) is 28.6 Å². The molecule has 0 amide bonds. The van der Waals surface area contributed by atoms with Gasteiger partial charge in [0.25, 0.3) is 0 Å². The maximum Gasteiger partial charge on any atom is 0.349 e. The Balaban J connectivity index is 2.37. The van der Waals surface area contributed by atoms with Gasteiger partial charge >= 0.3 is 5.97 Å².